The first kappa shape index (κ1) is 10.9. The number of hydrogen-bond donors (Lipinski definition) is 0. The highest BCUT2D eigenvalue weighted by molar-refractivity contribution is 9.09. The predicted molar refractivity (Wildman–Crippen MR) is 59.7 cm³/mol. The van der Waals surface area contributed by atoms with E-state index < -0.39 is 0 Å². The lowest BCUT2D eigenvalue weighted by Crippen LogP contribution is -1.95. The fourth-order valence-corrected chi connectivity index (χ4v) is 1.38. The molecule has 0 fully saturated rings. The van der Waals surface area contributed by atoms with Gasteiger partial charge in [-0.15, -0.1) is 11.6 Å². The van der Waals surface area contributed by atoms with Crippen molar-refractivity contribution in [2.45, 2.75) is 17.6 Å². The van der Waals surface area contributed by atoms with E-state index >= 15 is 0 Å². The monoisotopic (exact) mass is 262 g/mol. The molecule has 0 amide bonds. The van der Waals surface area contributed by atoms with E-state index in [4.69, 9.17) is 16.3 Å². The first-order valence-electron chi connectivity index (χ1n) is 4.25. The van der Waals surface area contributed by atoms with E-state index in [1.54, 1.807) is 0 Å². The summed E-state index contributed by atoms with van der Waals surface area (Å²) in [4.78, 5) is 0. The highest BCUT2D eigenvalue weighted by Gasteiger charge is 2.03. The average molecular weight is 264 g/mol. The van der Waals surface area contributed by atoms with Crippen molar-refractivity contribution in [2.75, 3.05) is 6.61 Å². The van der Waals surface area contributed by atoms with Crippen LogP contribution in [-0.2, 0) is 0 Å². The Kier molecular flexibility index (Phi) is 4.60. The van der Waals surface area contributed by atoms with Gasteiger partial charge in [0.05, 0.1) is 6.61 Å². The van der Waals surface area contributed by atoms with E-state index in [2.05, 4.69) is 22.9 Å². The van der Waals surface area contributed by atoms with Gasteiger partial charge in [-0.05, 0) is 24.1 Å². The second-order valence-electron chi connectivity index (χ2n) is 2.72. The van der Waals surface area contributed by atoms with Crippen LogP contribution in [-0.4, -0.2) is 6.61 Å². The van der Waals surface area contributed by atoms with Crippen LogP contribution in [0.3, 0.4) is 0 Å². The Labute approximate surface area is 92.2 Å². The van der Waals surface area contributed by atoms with Crippen LogP contribution in [0.15, 0.2) is 24.3 Å². The molecule has 0 aromatic heterocycles. The van der Waals surface area contributed by atoms with E-state index in [1.165, 1.54) is 0 Å². The first-order valence-corrected chi connectivity index (χ1v) is 5.60. The van der Waals surface area contributed by atoms with Gasteiger partial charge in [0, 0.05) is 0 Å². The minimum absolute atomic E-state index is 0.141. The van der Waals surface area contributed by atoms with Crippen molar-refractivity contribution in [1.29, 1.82) is 0 Å². The maximum Gasteiger partial charge on any atom is 0.119 e. The van der Waals surface area contributed by atoms with Gasteiger partial charge in [-0.2, -0.15) is 0 Å². The number of rotatable bonds is 4. The zero-order valence-electron chi connectivity index (χ0n) is 7.47. The molecule has 3 heteroatoms. The van der Waals surface area contributed by atoms with Gasteiger partial charge in [-0.3, -0.25) is 0 Å². The summed E-state index contributed by atoms with van der Waals surface area (Å²) in [5.41, 5.74) is 1.02. The smallest absolute Gasteiger partial charge is 0.119 e. The minimum Gasteiger partial charge on any atom is -0.494 e. The third-order valence-corrected chi connectivity index (χ3v) is 2.36. The molecule has 0 saturated heterocycles. The number of alkyl halides is 2. The van der Waals surface area contributed by atoms with Gasteiger partial charge in [0.25, 0.3) is 0 Å². The Hall–Kier alpha value is -0.210. The van der Waals surface area contributed by atoms with E-state index in [0.717, 1.165) is 24.3 Å². The topological polar surface area (TPSA) is 9.23 Å². The Morgan fingerprint density at radius 1 is 1.54 bits per heavy atom. The molecule has 0 radical (unpaired) electrons. The number of ether oxygens (including phenoxy) is 1. The summed E-state index contributed by atoms with van der Waals surface area (Å²) in [5, 5.41) is 0. The molecular weight excluding hydrogens is 251 g/mol. The first-order chi connectivity index (χ1) is 6.24. The minimum atomic E-state index is -0.141. The molecule has 0 spiro atoms. The van der Waals surface area contributed by atoms with Crippen molar-refractivity contribution in [3.8, 4) is 5.75 Å². The van der Waals surface area contributed by atoms with Gasteiger partial charge in [0.1, 0.15) is 10.0 Å². The molecule has 0 saturated carbocycles. The zero-order valence-corrected chi connectivity index (χ0v) is 9.81. The van der Waals surface area contributed by atoms with Crippen LogP contribution < -0.4 is 4.74 Å². The highest BCUT2D eigenvalue weighted by Crippen LogP contribution is 2.29. The lowest BCUT2D eigenvalue weighted by molar-refractivity contribution is 0.317. The van der Waals surface area contributed by atoms with E-state index in [9.17, 15) is 0 Å². The lowest BCUT2D eigenvalue weighted by atomic mass is 10.2. The molecule has 0 aliphatic rings. The van der Waals surface area contributed by atoms with E-state index in [0.29, 0.717) is 0 Å². The standard InChI is InChI=1S/C10H12BrClO/c1-2-6-13-9-5-3-4-8(7-9)10(11)12/h3-5,7,10H,2,6H2,1H3. The van der Waals surface area contributed by atoms with Crippen molar-refractivity contribution < 1.29 is 4.74 Å². The van der Waals surface area contributed by atoms with Crippen molar-refractivity contribution >= 4 is 27.5 Å². The van der Waals surface area contributed by atoms with Gasteiger partial charge in [0.2, 0.25) is 0 Å². The summed E-state index contributed by atoms with van der Waals surface area (Å²) in [6.07, 6.45) is 1.02. The van der Waals surface area contributed by atoms with Crippen LogP contribution >= 0.6 is 27.5 Å². The predicted octanol–water partition coefficient (Wildman–Crippen LogP) is 4.11. The van der Waals surface area contributed by atoms with Crippen molar-refractivity contribution in [3.05, 3.63) is 29.8 Å². The maximum atomic E-state index is 5.87. The second kappa shape index (κ2) is 5.51. The quantitative estimate of drug-likeness (QED) is 0.743. The van der Waals surface area contributed by atoms with Crippen LogP contribution in [0.4, 0.5) is 0 Å². The second-order valence-corrected chi connectivity index (χ2v) is 4.60. The van der Waals surface area contributed by atoms with Gasteiger partial charge in [-0.1, -0.05) is 35.0 Å². The SMILES string of the molecule is CCCOc1cccc(C(Cl)Br)c1. The average Bonchev–Trinajstić information content (AvgIpc) is 2.15. The fourth-order valence-electron chi connectivity index (χ4n) is 0.960. The molecule has 1 rings (SSSR count). The number of halogens is 2. The molecule has 0 aliphatic heterocycles. The van der Waals surface area contributed by atoms with Gasteiger partial charge in [0.15, 0.2) is 0 Å². The lowest BCUT2D eigenvalue weighted by Gasteiger charge is -2.07. The molecule has 1 aromatic rings. The Bertz CT molecular complexity index is 263. The molecule has 0 aliphatic carbocycles. The van der Waals surface area contributed by atoms with Crippen molar-refractivity contribution in [2.24, 2.45) is 0 Å². The number of hydrogen-bond acceptors (Lipinski definition) is 1. The summed E-state index contributed by atoms with van der Waals surface area (Å²) < 4.78 is 5.33. The summed E-state index contributed by atoms with van der Waals surface area (Å²) in [6.45, 7) is 2.83. The van der Waals surface area contributed by atoms with Gasteiger partial charge < -0.3 is 4.74 Å². The van der Waals surface area contributed by atoms with Gasteiger partial charge >= 0.3 is 0 Å². The third-order valence-electron chi connectivity index (χ3n) is 1.58. The van der Waals surface area contributed by atoms with Crippen LogP contribution in [0, 0.1) is 0 Å². The molecule has 0 bridgehead atoms. The maximum absolute atomic E-state index is 5.87. The summed E-state index contributed by atoms with van der Waals surface area (Å²) in [6, 6.07) is 7.79. The highest BCUT2D eigenvalue weighted by atomic mass is 79.9. The molecule has 0 heterocycles. The molecule has 72 valence electrons. The zero-order chi connectivity index (χ0) is 9.68. The third kappa shape index (κ3) is 3.57. The molecule has 1 atom stereocenters. The largest absolute Gasteiger partial charge is 0.494 e. The molecular formula is C10H12BrClO. The van der Waals surface area contributed by atoms with Crippen LogP contribution in [0.25, 0.3) is 0 Å². The Morgan fingerprint density at radius 2 is 2.31 bits per heavy atom. The molecule has 1 nitrogen and oxygen atoms in total. The summed E-state index contributed by atoms with van der Waals surface area (Å²) >= 11 is 9.16. The van der Waals surface area contributed by atoms with Crippen LogP contribution in [0.1, 0.15) is 23.2 Å². The van der Waals surface area contributed by atoms with E-state index in [1.807, 2.05) is 24.3 Å². The summed E-state index contributed by atoms with van der Waals surface area (Å²) in [5.74, 6) is 0.879. The van der Waals surface area contributed by atoms with Crippen LogP contribution in [0.2, 0.25) is 0 Å². The normalized spacial score (nSPS) is 12.5. The van der Waals surface area contributed by atoms with Crippen molar-refractivity contribution in [1.82, 2.24) is 0 Å². The van der Waals surface area contributed by atoms with Gasteiger partial charge in [-0.25, -0.2) is 0 Å². The molecule has 1 aromatic carbocycles. The van der Waals surface area contributed by atoms with Crippen LogP contribution in [0.5, 0.6) is 5.75 Å². The summed E-state index contributed by atoms with van der Waals surface area (Å²) in [7, 11) is 0. The molecule has 1 unspecified atom stereocenters. The molecule has 13 heavy (non-hydrogen) atoms. The Morgan fingerprint density at radius 3 is 2.92 bits per heavy atom. The van der Waals surface area contributed by atoms with E-state index in [-0.39, 0.29) is 4.29 Å². The Balaban J connectivity index is 2.68. The number of benzene rings is 1. The van der Waals surface area contributed by atoms with Crippen molar-refractivity contribution in [3.63, 3.8) is 0 Å². The fraction of sp³-hybridized carbons (Fsp3) is 0.400. The molecule has 0 N–H and O–H groups in total.